The van der Waals surface area contributed by atoms with Gasteiger partial charge in [0.05, 0.1) is 11.3 Å². The molecule has 4 nitrogen and oxygen atoms in total. The van der Waals surface area contributed by atoms with Crippen molar-refractivity contribution in [3.05, 3.63) is 118 Å². The van der Waals surface area contributed by atoms with Crippen LogP contribution in [0, 0.1) is 13.8 Å². The predicted molar refractivity (Wildman–Crippen MR) is 232 cm³/mol. The SMILES string of the molecule is [2H]C([2H])([2H])Cc1cc2c3c(c1)N(c1ccc(C(C)(C)C)cc1C)c1c(oc4ccc(C(C)(C)C)cc14)B3c1ccc(OC(F)(F)F)cc1N2c1ccc(C(C)(C)C)cc1C([2H])([2H])[2H]. The normalized spacial score (nSPS) is 16.2. The molecule has 0 spiro atoms. The molecule has 0 saturated heterocycles. The van der Waals surface area contributed by atoms with Crippen molar-refractivity contribution < 1.29 is 30.5 Å². The summed E-state index contributed by atoms with van der Waals surface area (Å²) in [6.07, 6.45) is -5.36. The molecule has 0 fully saturated rings. The molecule has 0 radical (unpaired) electrons. The lowest BCUT2D eigenvalue weighted by Gasteiger charge is -2.43. The number of ether oxygens (including phenoxy) is 1. The van der Waals surface area contributed by atoms with Gasteiger partial charge in [-0.05, 0) is 123 Å². The van der Waals surface area contributed by atoms with Gasteiger partial charge in [0.15, 0.2) is 0 Å². The molecule has 0 aliphatic carbocycles. The molecule has 2 aliphatic rings. The second-order valence-corrected chi connectivity index (χ2v) is 18.6. The van der Waals surface area contributed by atoms with Gasteiger partial charge in [-0.3, -0.25) is 0 Å². The number of furan rings is 1. The number of alkyl halides is 3. The third-order valence-corrected chi connectivity index (χ3v) is 11.4. The second kappa shape index (κ2) is 13.0. The van der Waals surface area contributed by atoms with E-state index >= 15 is 0 Å². The summed E-state index contributed by atoms with van der Waals surface area (Å²) in [7, 11) is 0. The summed E-state index contributed by atoms with van der Waals surface area (Å²) >= 11 is 0. The van der Waals surface area contributed by atoms with Gasteiger partial charge in [-0.2, -0.15) is 0 Å². The van der Waals surface area contributed by atoms with E-state index in [2.05, 4.69) is 75.4 Å². The molecule has 0 saturated carbocycles. The fourth-order valence-corrected chi connectivity index (χ4v) is 8.36. The number of hydrogen-bond acceptors (Lipinski definition) is 4. The largest absolute Gasteiger partial charge is 0.573 e. The highest BCUT2D eigenvalue weighted by Gasteiger charge is 2.48. The van der Waals surface area contributed by atoms with Crippen molar-refractivity contribution in [2.45, 2.75) is 112 Å². The van der Waals surface area contributed by atoms with Crippen LogP contribution in [-0.4, -0.2) is 13.1 Å². The topological polar surface area (TPSA) is 28.9 Å². The van der Waals surface area contributed by atoms with Gasteiger partial charge in [0.1, 0.15) is 11.3 Å². The number of benzene rings is 5. The van der Waals surface area contributed by atoms with Crippen molar-refractivity contribution >= 4 is 68.4 Å². The highest BCUT2D eigenvalue weighted by Crippen LogP contribution is 2.49. The zero-order valence-corrected chi connectivity index (χ0v) is 34.2. The molecule has 8 rings (SSSR count). The molecule has 0 bridgehead atoms. The Labute approximate surface area is 344 Å². The monoisotopic (exact) mass is 774 g/mol. The van der Waals surface area contributed by atoms with Gasteiger partial charge >= 0.3 is 6.36 Å². The summed E-state index contributed by atoms with van der Waals surface area (Å²) in [6.45, 7) is 15.0. The van der Waals surface area contributed by atoms with E-state index in [0.717, 1.165) is 39.0 Å². The molecule has 0 amide bonds. The summed E-state index contributed by atoms with van der Waals surface area (Å²) < 4.78 is 105. The Morgan fingerprint density at radius 3 is 1.81 bits per heavy atom. The molecular weight excluding hydrogens is 716 g/mol. The fourth-order valence-electron chi connectivity index (χ4n) is 8.36. The molecule has 294 valence electrons. The van der Waals surface area contributed by atoms with Gasteiger partial charge in [0.25, 0.3) is 6.71 Å². The Bertz CT molecular complexity index is 2810. The standard InChI is InChI=1S/C49H52BF3N2O2/c1-13-30-24-40-43-41(25-30)55(38-20-15-32(23-29(38)3)47(7,8)9)44-35-26-33(48(10,11)12)16-21-42(35)56-45(44)50(43)36-18-17-34(57-49(51,52)53)27-39(36)54(40)37-19-14-31(22-28(37)2)46(4,5)6/h14-27H,13H2,1-12H3/i1D3,2D3. The molecule has 5 aromatic carbocycles. The second-order valence-electron chi connectivity index (χ2n) is 18.6. The van der Waals surface area contributed by atoms with E-state index in [9.17, 15) is 13.2 Å². The summed E-state index contributed by atoms with van der Waals surface area (Å²) in [6, 6.07) is 25.4. The van der Waals surface area contributed by atoms with Gasteiger partial charge in [-0.25, -0.2) is 0 Å². The van der Waals surface area contributed by atoms with Crippen LogP contribution in [-0.2, 0) is 22.7 Å². The van der Waals surface area contributed by atoms with Crippen molar-refractivity contribution in [3.8, 4) is 5.75 Å². The molecule has 3 heterocycles. The van der Waals surface area contributed by atoms with Crippen LogP contribution in [0.15, 0.2) is 89.3 Å². The van der Waals surface area contributed by atoms with E-state index in [4.69, 9.17) is 12.6 Å². The molecule has 0 N–H and O–H groups in total. The lowest BCUT2D eigenvalue weighted by molar-refractivity contribution is -0.274. The third-order valence-electron chi connectivity index (χ3n) is 11.4. The first-order valence-electron chi connectivity index (χ1n) is 22.4. The Kier molecular flexibility index (Phi) is 7.25. The van der Waals surface area contributed by atoms with Crippen LogP contribution in [0.5, 0.6) is 5.75 Å². The van der Waals surface area contributed by atoms with E-state index in [0.29, 0.717) is 39.1 Å². The van der Waals surface area contributed by atoms with Crippen molar-refractivity contribution in [1.29, 1.82) is 0 Å². The number of anilines is 6. The maximum Gasteiger partial charge on any atom is 0.573 e. The van der Waals surface area contributed by atoms with Crippen LogP contribution in [0.4, 0.5) is 47.3 Å². The Morgan fingerprint density at radius 2 is 1.23 bits per heavy atom. The summed E-state index contributed by atoms with van der Waals surface area (Å²) in [5.41, 5.74) is 8.88. The summed E-state index contributed by atoms with van der Waals surface area (Å²) in [5.74, 6) is -0.498. The molecule has 0 atom stereocenters. The summed E-state index contributed by atoms with van der Waals surface area (Å²) in [5, 5.41) is 0.814. The third kappa shape index (κ3) is 6.59. The first-order chi connectivity index (χ1) is 28.9. The van der Waals surface area contributed by atoms with Crippen LogP contribution >= 0.6 is 0 Å². The molecule has 6 aromatic rings. The van der Waals surface area contributed by atoms with Gasteiger partial charge in [-0.15, -0.1) is 13.2 Å². The zero-order chi connectivity index (χ0) is 46.1. The van der Waals surface area contributed by atoms with Gasteiger partial charge in [0.2, 0.25) is 0 Å². The van der Waals surface area contributed by atoms with Crippen molar-refractivity contribution in [2.24, 2.45) is 0 Å². The van der Waals surface area contributed by atoms with Crippen molar-refractivity contribution in [3.63, 3.8) is 0 Å². The molecular formula is C49H52BF3N2O2. The van der Waals surface area contributed by atoms with Crippen LogP contribution < -0.4 is 31.1 Å². The van der Waals surface area contributed by atoms with Crippen LogP contribution in [0.3, 0.4) is 0 Å². The van der Waals surface area contributed by atoms with Crippen LogP contribution in [0.1, 0.15) is 111 Å². The average Bonchev–Trinajstić information content (AvgIpc) is 3.50. The zero-order valence-electron chi connectivity index (χ0n) is 40.2. The Morgan fingerprint density at radius 1 is 0.649 bits per heavy atom. The van der Waals surface area contributed by atoms with E-state index < -0.39 is 37.9 Å². The smallest absolute Gasteiger partial charge is 0.468 e. The highest BCUT2D eigenvalue weighted by atomic mass is 19.4. The van der Waals surface area contributed by atoms with Gasteiger partial charge < -0.3 is 19.0 Å². The molecule has 57 heavy (non-hydrogen) atoms. The molecule has 1 aromatic heterocycles. The lowest BCUT2D eigenvalue weighted by Crippen LogP contribution is -2.61. The minimum Gasteiger partial charge on any atom is -0.468 e. The van der Waals surface area contributed by atoms with Gasteiger partial charge in [0, 0.05) is 48.1 Å². The number of halogens is 3. The van der Waals surface area contributed by atoms with Crippen LogP contribution in [0.25, 0.3) is 11.0 Å². The van der Waals surface area contributed by atoms with E-state index in [-0.39, 0.29) is 34.2 Å². The maximum absolute atomic E-state index is 14.0. The number of nitrogens with zero attached hydrogens (tertiary/aromatic N) is 2. The first-order valence-corrected chi connectivity index (χ1v) is 19.4. The lowest BCUT2D eigenvalue weighted by atomic mass is 9.35. The first kappa shape index (κ1) is 31.9. The molecule has 0 unspecified atom stereocenters. The van der Waals surface area contributed by atoms with E-state index in [1.807, 2.05) is 52.0 Å². The summed E-state index contributed by atoms with van der Waals surface area (Å²) in [4.78, 5) is 3.80. The van der Waals surface area contributed by atoms with E-state index in [1.54, 1.807) is 29.2 Å². The Balaban J connectivity index is 1.55. The average molecular weight is 775 g/mol. The quantitative estimate of drug-likeness (QED) is 0.167. The highest BCUT2D eigenvalue weighted by molar-refractivity contribution is 7.00. The maximum atomic E-state index is 14.0. The number of aryl methyl sites for hydroxylation is 3. The minimum atomic E-state index is -5.02. The van der Waals surface area contributed by atoms with Crippen LogP contribution in [0.2, 0.25) is 0 Å². The molecule has 2 aliphatic heterocycles. The van der Waals surface area contributed by atoms with Crippen molar-refractivity contribution in [1.82, 2.24) is 0 Å². The number of hydrogen-bond donors (Lipinski definition) is 0. The Hall–Kier alpha value is -5.11. The number of fused-ring (bicyclic) bond motifs is 6. The minimum absolute atomic E-state index is 0.0168. The fraction of sp³-hybridized carbons (Fsp3) is 0.347. The molecule has 8 heteroatoms. The van der Waals surface area contributed by atoms with Crippen molar-refractivity contribution in [2.75, 3.05) is 9.80 Å². The van der Waals surface area contributed by atoms with Gasteiger partial charge in [-0.1, -0.05) is 106 Å². The predicted octanol–water partition coefficient (Wildman–Crippen LogP) is 12.5. The number of rotatable bonds is 4. The van der Waals surface area contributed by atoms with E-state index in [1.165, 1.54) is 12.1 Å².